The van der Waals surface area contributed by atoms with E-state index in [0.29, 0.717) is 25.5 Å². The molecule has 1 fully saturated rings. The lowest BCUT2D eigenvalue weighted by Gasteiger charge is -2.18. The fourth-order valence-corrected chi connectivity index (χ4v) is 2.87. The van der Waals surface area contributed by atoms with Gasteiger partial charge in [-0.2, -0.15) is 0 Å². The molecular formula is C19H20N2O3. The Morgan fingerprint density at radius 3 is 2.17 bits per heavy atom. The lowest BCUT2D eigenvalue weighted by atomic mass is 10.1. The van der Waals surface area contributed by atoms with Crippen LogP contribution in [0.2, 0.25) is 0 Å². The molecule has 124 valence electrons. The SMILES string of the molecule is O=[N+]([O-])C(=C(OCc1ccccc1)c1ccccc1)N1CCCC1. The zero-order valence-electron chi connectivity index (χ0n) is 13.4. The Morgan fingerprint density at radius 1 is 1.00 bits per heavy atom. The highest BCUT2D eigenvalue weighted by Gasteiger charge is 2.31. The minimum Gasteiger partial charge on any atom is -0.481 e. The van der Waals surface area contributed by atoms with Crippen molar-refractivity contribution in [1.29, 1.82) is 0 Å². The van der Waals surface area contributed by atoms with Crippen LogP contribution in [-0.4, -0.2) is 22.9 Å². The van der Waals surface area contributed by atoms with Crippen molar-refractivity contribution >= 4 is 5.76 Å². The van der Waals surface area contributed by atoms with E-state index in [1.165, 1.54) is 0 Å². The van der Waals surface area contributed by atoms with E-state index in [1.54, 1.807) is 0 Å². The first-order chi connectivity index (χ1) is 11.8. The van der Waals surface area contributed by atoms with Gasteiger partial charge in [-0.3, -0.25) is 4.90 Å². The van der Waals surface area contributed by atoms with Gasteiger partial charge in [0.05, 0.1) is 13.1 Å². The Morgan fingerprint density at radius 2 is 1.58 bits per heavy atom. The summed E-state index contributed by atoms with van der Waals surface area (Å²) in [5, 5.41) is 11.7. The number of ether oxygens (including phenoxy) is 1. The fourth-order valence-electron chi connectivity index (χ4n) is 2.87. The summed E-state index contributed by atoms with van der Waals surface area (Å²) in [5.41, 5.74) is 1.71. The molecule has 5 heteroatoms. The van der Waals surface area contributed by atoms with Gasteiger partial charge in [-0.05, 0) is 23.3 Å². The third-order valence-corrected chi connectivity index (χ3v) is 4.04. The second-order valence-corrected chi connectivity index (χ2v) is 5.74. The molecule has 2 aromatic rings. The number of benzene rings is 2. The molecule has 5 nitrogen and oxygen atoms in total. The summed E-state index contributed by atoms with van der Waals surface area (Å²) in [4.78, 5) is 13.2. The van der Waals surface area contributed by atoms with Crippen LogP contribution in [0.5, 0.6) is 0 Å². The van der Waals surface area contributed by atoms with Crippen molar-refractivity contribution in [2.75, 3.05) is 13.1 Å². The molecular weight excluding hydrogens is 304 g/mol. The molecule has 0 atom stereocenters. The van der Waals surface area contributed by atoms with Crippen LogP contribution in [0.15, 0.2) is 66.5 Å². The minimum absolute atomic E-state index is 0.0645. The van der Waals surface area contributed by atoms with Crippen molar-refractivity contribution in [2.45, 2.75) is 19.4 Å². The monoisotopic (exact) mass is 324 g/mol. The van der Waals surface area contributed by atoms with E-state index in [2.05, 4.69) is 0 Å². The molecule has 1 aliphatic heterocycles. The van der Waals surface area contributed by atoms with Gasteiger partial charge in [-0.1, -0.05) is 60.7 Å². The van der Waals surface area contributed by atoms with Crippen LogP contribution >= 0.6 is 0 Å². The molecule has 0 N–H and O–H groups in total. The van der Waals surface area contributed by atoms with Gasteiger partial charge < -0.3 is 14.9 Å². The molecule has 0 aromatic heterocycles. The Kier molecular flexibility index (Phi) is 5.11. The maximum atomic E-state index is 11.7. The van der Waals surface area contributed by atoms with E-state index in [-0.39, 0.29) is 10.7 Å². The summed E-state index contributed by atoms with van der Waals surface area (Å²) in [6.07, 6.45) is 1.94. The topological polar surface area (TPSA) is 55.6 Å². The zero-order chi connectivity index (χ0) is 16.8. The first-order valence-corrected chi connectivity index (χ1v) is 8.11. The average molecular weight is 324 g/mol. The van der Waals surface area contributed by atoms with Crippen LogP contribution in [0.25, 0.3) is 5.76 Å². The van der Waals surface area contributed by atoms with Gasteiger partial charge in [-0.25, -0.2) is 0 Å². The van der Waals surface area contributed by atoms with E-state index in [4.69, 9.17) is 4.74 Å². The Hall–Kier alpha value is -2.82. The van der Waals surface area contributed by atoms with Crippen LogP contribution in [0.3, 0.4) is 0 Å². The minimum atomic E-state index is -0.321. The molecule has 3 rings (SSSR count). The molecule has 1 saturated heterocycles. The summed E-state index contributed by atoms with van der Waals surface area (Å²) < 4.78 is 5.95. The van der Waals surface area contributed by atoms with Gasteiger partial charge in [0.1, 0.15) is 6.61 Å². The Balaban J connectivity index is 1.96. The molecule has 24 heavy (non-hydrogen) atoms. The third-order valence-electron chi connectivity index (χ3n) is 4.04. The molecule has 0 saturated carbocycles. The number of likely N-dealkylation sites (tertiary alicyclic amines) is 1. The lowest BCUT2D eigenvalue weighted by molar-refractivity contribution is -0.445. The van der Waals surface area contributed by atoms with E-state index in [1.807, 2.05) is 65.6 Å². The van der Waals surface area contributed by atoms with Crippen LogP contribution in [-0.2, 0) is 11.3 Å². The maximum absolute atomic E-state index is 11.7. The van der Waals surface area contributed by atoms with E-state index in [9.17, 15) is 10.1 Å². The highest BCUT2D eigenvalue weighted by atomic mass is 16.6. The molecule has 0 unspecified atom stereocenters. The quantitative estimate of drug-likeness (QED) is 0.459. The fraction of sp³-hybridized carbons (Fsp3) is 0.263. The summed E-state index contributed by atoms with van der Waals surface area (Å²) in [7, 11) is 0. The Bertz CT molecular complexity index is 708. The lowest BCUT2D eigenvalue weighted by Crippen LogP contribution is -2.26. The first-order valence-electron chi connectivity index (χ1n) is 8.11. The highest BCUT2D eigenvalue weighted by molar-refractivity contribution is 5.61. The number of hydrogen-bond donors (Lipinski definition) is 0. The van der Waals surface area contributed by atoms with Gasteiger partial charge in [0.15, 0.2) is 0 Å². The van der Waals surface area contributed by atoms with Crippen molar-refractivity contribution in [1.82, 2.24) is 4.90 Å². The second kappa shape index (κ2) is 7.64. The van der Waals surface area contributed by atoms with Crippen LogP contribution in [0.4, 0.5) is 0 Å². The number of hydrogen-bond acceptors (Lipinski definition) is 4. The van der Waals surface area contributed by atoms with Crippen molar-refractivity contribution < 1.29 is 9.66 Å². The van der Waals surface area contributed by atoms with Gasteiger partial charge in [0, 0.05) is 5.56 Å². The molecule has 1 aliphatic rings. The molecule has 1 heterocycles. The van der Waals surface area contributed by atoms with E-state index in [0.717, 1.165) is 24.0 Å². The normalized spacial score (nSPS) is 15.1. The molecule has 0 bridgehead atoms. The molecule has 0 aliphatic carbocycles. The van der Waals surface area contributed by atoms with Crippen LogP contribution in [0.1, 0.15) is 24.0 Å². The zero-order valence-corrected chi connectivity index (χ0v) is 13.4. The largest absolute Gasteiger partial charge is 0.481 e. The van der Waals surface area contributed by atoms with Crippen molar-refractivity contribution in [3.8, 4) is 0 Å². The molecule has 2 aromatic carbocycles. The highest BCUT2D eigenvalue weighted by Crippen LogP contribution is 2.27. The van der Waals surface area contributed by atoms with Crippen molar-refractivity contribution in [2.24, 2.45) is 0 Å². The first kappa shape index (κ1) is 16.1. The summed E-state index contributed by atoms with van der Waals surface area (Å²) in [6, 6.07) is 19.0. The van der Waals surface area contributed by atoms with Gasteiger partial charge in [-0.15, -0.1) is 0 Å². The molecule has 0 amide bonds. The van der Waals surface area contributed by atoms with Gasteiger partial charge in [0.25, 0.3) is 0 Å². The van der Waals surface area contributed by atoms with Crippen molar-refractivity contribution in [3.05, 3.63) is 87.7 Å². The second-order valence-electron chi connectivity index (χ2n) is 5.74. The number of rotatable bonds is 6. The molecule has 0 radical (unpaired) electrons. The van der Waals surface area contributed by atoms with Crippen LogP contribution in [0, 0.1) is 10.1 Å². The van der Waals surface area contributed by atoms with E-state index < -0.39 is 0 Å². The summed E-state index contributed by atoms with van der Waals surface area (Å²) in [5.74, 6) is 0.404. The number of nitro groups is 1. The summed E-state index contributed by atoms with van der Waals surface area (Å²) in [6.45, 7) is 1.69. The maximum Gasteiger partial charge on any atom is 0.361 e. The van der Waals surface area contributed by atoms with E-state index >= 15 is 0 Å². The average Bonchev–Trinajstić information content (AvgIpc) is 3.14. The van der Waals surface area contributed by atoms with Gasteiger partial charge >= 0.3 is 5.82 Å². The van der Waals surface area contributed by atoms with Crippen LogP contribution < -0.4 is 0 Å². The molecule has 0 spiro atoms. The smallest absolute Gasteiger partial charge is 0.361 e. The number of nitrogens with zero attached hydrogens (tertiary/aromatic N) is 2. The third kappa shape index (κ3) is 3.74. The summed E-state index contributed by atoms with van der Waals surface area (Å²) >= 11 is 0. The van der Waals surface area contributed by atoms with Crippen molar-refractivity contribution in [3.63, 3.8) is 0 Å². The van der Waals surface area contributed by atoms with Gasteiger partial charge in [0.2, 0.25) is 5.76 Å². The predicted molar refractivity (Wildman–Crippen MR) is 92.4 cm³/mol. The predicted octanol–water partition coefficient (Wildman–Crippen LogP) is 3.90. The Labute approximate surface area is 141 Å². The standard InChI is InChI=1S/C19H20N2O3/c22-21(23)19(20-13-7-8-14-20)18(17-11-5-2-6-12-17)24-15-16-9-3-1-4-10-16/h1-6,9-12H,7-8,13-15H2.